The van der Waals surface area contributed by atoms with Crippen molar-refractivity contribution >= 4 is 49.8 Å². The quantitative estimate of drug-likeness (QED) is 0.185. The average molecular weight is 614 g/mol. The van der Waals surface area contributed by atoms with Crippen LogP contribution in [0.25, 0.3) is 66.1 Å². The SMILES string of the molecule is c1ccc(-c2ccccc2N(c2cc(-c3cccc4ccccc34)ccc2-c2ccccc2)c2cccc3oc4ccccc4c23)cc1. The Hall–Kier alpha value is -6.38. The average Bonchev–Trinajstić information content (AvgIpc) is 3.55. The zero-order valence-electron chi connectivity index (χ0n) is 26.3. The summed E-state index contributed by atoms with van der Waals surface area (Å²) in [6.07, 6.45) is 0. The van der Waals surface area contributed by atoms with Crippen LogP contribution in [0.2, 0.25) is 0 Å². The summed E-state index contributed by atoms with van der Waals surface area (Å²) < 4.78 is 6.46. The molecule has 0 bridgehead atoms. The molecular weight excluding hydrogens is 583 g/mol. The van der Waals surface area contributed by atoms with Crippen molar-refractivity contribution < 1.29 is 4.42 Å². The van der Waals surface area contributed by atoms with Crippen LogP contribution in [0.5, 0.6) is 0 Å². The molecule has 0 amide bonds. The second-order valence-corrected chi connectivity index (χ2v) is 12.1. The number of fused-ring (bicyclic) bond motifs is 4. The molecule has 0 radical (unpaired) electrons. The number of rotatable bonds is 6. The fourth-order valence-electron chi connectivity index (χ4n) is 7.09. The van der Waals surface area contributed by atoms with Gasteiger partial charge in [-0.1, -0.05) is 158 Å². The Morgan fingerprint density at radius 1 is 0.333 bits per heavy atom. The Morgan fingerprint density at radius 2 is 0.896 bits per heavy atom. The van der Waals surface area contributed by atoms with E-state index in [1.54, 1.807) is 0 Å². The van der Waals surface area contributed by atoms with Gasteiger partial charge in [-0.25, -0.2) is 0 Å². The third-order valence-electron chi connectivity index (χ3n) is 9.28. The maximum atomic E-state index is 6.46. The molecule has 0 aliphatic carbocycles. The minimum absolute atomic E-state index is 0.863. The zero-order valence-corrected chi connectivity index (χ0v) is 26.3. The van der Waals surface area contributed by atoms with Crippen molar-refractivity contribution in [2.45, 2.75) is 0 Å². The first-order valence-electron chi connectivity index (χ1n) is 16.4. The summed E-state index contributed by atoms with van der Waals surface area (Å²) in [5.41, 5.74) is 12.0. The van der Waals surface area contributed by atoms with Gasteiger partial charge < -0.3 is 9.32 Å². The van der Waals surface area contributed by atoms with Crippen molar-refractivity contribution in [2.24, 2.45) is 0 Å². The van der Waals surface area contributed by atoms with Gasteiger partial charge in [0, 0.05) is 16.5 Å². The Balaban J connectivity index is 1.41. The minimum atomic E-state index is 0.863. The number of benzene rings is 8. The van der Waals surface area contributed by atoms with Gasteiger partial charge in [0.15, 0.2) is 0 Å². The first-order chi connectivity index (χ1) is 23.8. The maximum Gasteiger partial charge on any atom is 0.137 e. The van der Waals surface area contributed by atoms with Crippen LogP contribution in [-0.4, -0.2) is 0 Å². The molecule has 0 N–H and O–H groups in total. The van der Waals surface area contributed by atoms with Crippen LogP contribution in [-0.2, 0) is 0 Å². The third kappa shape index (κ3) is 4.74. The highest BCUT2D eigenvalue weighted by atomic mass is 16.3. The van der Waals surface area contributed by atoms with Crippen LogP contribution in [0, 0.1) is 0 Å². The van der Waals surface area contributed by atoms with Crippen molar-refractivity contribution in [3.63, 3.8) is 0 Å². The van der Waals surface area contributed by atoms with Crippen LogP contribution < -0.4 is 4.90 Å². The minimum Gasteiger partial charge on any atom is -0.456 e. The molecule has 0 saturated carbocycles. The third-order valence-corrected chi connectivity index (χ3v) is 9.28. The van der Waals surface area contributed by atoms with Gasteiger partial charge in [-0.05, 0) is 63.4 Å². The largest absolute Gasteiger partial charge is 0.456 e. The topological polar surface area (TPSA) is 16.4 Å². The maximum absolute atomic E-state index is 6.46. The molecule has 9 rings (SSSR count). The first-order valence-corrected chi connectivity index (χ1v) is 16.4. The van der Waals surface area contributed by atoms with E-state index in [0.29, 0.717) is 0 Å². The van der Waals surface area contributed by atoms with Gasteiger partial charge in [0.05, 0.1) is 22.4 Å². The van der Waals surface area contributed by atoms with Gasteiger partial charge in [0.25, 0.3) is 0 Å². The fraction of sp³-hybridized carbons (Fsp3) is 0. The Kier molecular flexibility index (Phi) is 6.84. The Morgan fingerprint density at radius 3 is 1.71 bits per heavy atom. The highest BCUT2D eigenvalue weighted by molar-refractivity contribution is 6.14. The lowest BCUT2D eigenvalue weighted by Gasteiger charge is -2.31. The van der Waals surface area contributed by atoms with E-state index in [-0.39, 0.29) is 0 Å². The Bertz CT molecular complexity index is 2560. The lowest BCUT2D eigenvalue weighted by atomic mass is 9.93. The predicted octanol–water partition coefficient (Wildman–Crippen LogP) is 13.2. The van der Waals surface area contributed by atoms with Crippen molar-refractivity contribution in [3.05, 3.63) is 188 Å². The first kappa shape index (κ1) is 27.9. The lowest BCUT2D eigenvalue weighted by Crippen LogP contribution is -2.13. The summed E-state index contributed by atoms with van der Waals surface area (Å²) in [6, 6.07) is 67.0. The van der Waals surface area contributed by atoms with Crippen molar-refractivity contribution in [1.29, 1.82) is 0 Å². The molecule has 9 aromatic rings. The van der Waals surface area contributed by atoms with Gasteiger partial charge in [0.1, 0.15) is 11.2 Å². The van der Waals surface area contributed by atoms with E-state index in [1.165, 1.54) is 16.3 Å². The molecule has 0 unspecified atom stereocenters. The summed E-state index contributed by atoms with van der Waals surface area (Å²) in [4.78, 5) is 2.45. The van der Waals surface area contributed by atoms with E-state index in [4.69, 9.17) is 4.42 Å². The molecule has 0 aliphatic rings. The van der Waals surface area contributed by atoms with Gasteiger partial charge in [-0.2, -0.15) is 0 Å². The van der Waals surface area contributed by atoms with E-state index in [9.17, 15) is 0 Å². The standard InChI is InChI=1S/C46H31NO/c1-3-15-33(16-4-1)38-22-9-11-25-41(38)47(42-26-14-28-45-46(42)40-23-10-12-27-44(40)48-45)43-31-35(29-30-39(43)34-17-5-2-6-18-34)37-24-13-20-32-19-7-8-21-36(32)37/h1-31H. The van der Waals surface area contributed by atoms with Gasteiger partial charge >= 0.3 is 0 Å². The fourth-order valence-corrected chi connectivity index (χ4v) is 7.09. The normalized spacial score (nSPS) is 11.3. The molecule has 1 aromatic heterocycles. The molecule has 226 valence electrons. The number of hydrogen-bond acceptors (Lipinski definition) is 2. The summed E-state index contributed by atoms with van der Waals surface area (Å²) >= 11 is 0. The summed E-state index contributed by atoms with van der Waals surface area (Å²) in [6.45, 7) is 0. The monoisotopic (exact) mass is 613 g/mol. The number of hydrogen-bond donors (Lipinski definition) is 0. The van der Waals surface area contributed by atoms with E-state index < -0.39 is 0 Å². The smallest absolute Gasteiger partial charge is 0.137 e. The van der Waals surface area contributed by atoms with Crippen molar-refractivity contribution in [3.8, 4) is 33.4 Å². The van der Waals surface area contributed by atoms with Crippen LogP contribution in [0.3, 0.4) is 0 Å². The van der Waals surface area contributed by atoms with Crippen molar-refractivity contribution in [1.82, 2.24) is 0 Å². The van der Waals surface area contributed by atoms with Gasteiger partial charge in [-0.15, -0.1) is 0 Å². The molecule has 0 atom stereocenters. The van der Waals surface area contributed by atoms with Gasteiger partial charge in [0.2, 0.25) is 0 Å². The number of furan rings is 1. The second-order valence-electron chi connectivity index (χ2n) is 12.1. The molecule has 1 heterocycles. The summed E-state index contributed by atoms with van der Waals surface area (Å²) in [5.74, 6) is 0. The molecule has 0 aliphatic heterocycles. The Labute approximate surface area is 279 Å². The van der Waals surface area contributed by atoms with E-state index >= 15 is 0 Å². The molecule has 0 saturated heterocycles. The van der Waals surface area contributed by atoms with Crippen LogP contribution in [0.15, 0.2) is 192 Å². The molecule has 48 heavy (non-hydrogen) atoms. The van der Waals surface area contributed by atoms with E-state index in [0.717, 1.165) is 66.8 Å². The molecule has 0 fully saturated rings. The van der Waals surface area contributed by atoms with E-state index in [2.05, 4.69) is 187 Å². The summed E-state index contributed by atoms with van der Waals surface area (Å²) in [5, 5.41) is 4.64. The number of para-hydroxylation sites is 2. The lowest BCUT2D eigenvalue weighted by molar-refractivity contribution is 0.669. The predicted molar refractivity (Wildman–Crippen MR) is 202 cm³/mol. The van der Waals surface area contributed by atoms with Crippen molar-refractivity contribution in [2.75, 3.05) is 4.90 Å². The molecular formula is C46H31NO. The van der Waals surface area contributed by atoms with E-state index in [1.807, 2.05) is 6.07 Å². The summed E-state index contributed by atoms with van der Waals surface area (Å²) in [7, 11) is 0. The molecule has 0 spiro atoms. The molecule has 2 heteroatoms. The molecule has 2 nitrogen and oxygen atoms in total. The zero-order chi connectivity index (χ0) is 31.9. The van der Waals surface area contributed by atoms with Crippen LogP contribution >= 0.6 is 0 Å². The van der Waals surface area contributed by atoms with Gasteiger partial charge in [-0.3, -0.25) is 0 Å². The highest BCUT2D eigenvalue weighted by Gasteiger charge is 2.24. The van der Waals surface area contributed by atoms with Crippen LogP contribution in [0.4, 0.5) is 17.1 Å². The van der Waals surface area contributed by atoms with Crippen LogP contribution in [0.1, 0.15) is 0 Å². The number of anilines is 3. The second kappa shape index (κ2) is 11.8. The molecule has 8 aromatic carbocycles. The number of nitrogens with zero attached hydrogens (tertiary/aromatic N) is 1. The highest BCUT2D eigenvalue weighted by Crippen LogP contribution is 2.49.